The van der Waals surface area contributed by atoms with Crippen molar-refractivity contribution in [3.8, 4) is 0 Å². The zero-order chi connectivity index (χ0) is 22.5. The van der Waals surface area contributed by atoms with E-state index in [9.17, 15) is 18.0 Å². The van der Waals surface area contributed by atoms with Gasteiger partial charge in [-0.1, -0.05) is 30.3 Å². The van der Waals surface area contributed by atoms with Crippen LogP contribution in [0, 0.1) is 0 Å². The average Bonchev–Trinajstić information content (AvgIpc) is 2.69. The van der Waals surface area contributed by atoms with Crippen molar-refractivity contribution in [3.63, 3.8) is 0 Å². The van der Waals surface area contributed by atoms with E-state index in [0.717, 1.165) is 5.56 Å². The maximum absolute atomic E-state index is 12.4. The minimum Gasteiger partial charge on any atom is -0.452 e. The van der Waals surface area contributed by atoms with Gasteiger partial charge in [-0.3, -0.25) is 4.79 Å². The van der Waals surface area contributed by atoms with Gasteiger partial charge in [0.1, 0.15) is 0 Å². The van der Waals surface area contributed by atoms with Crippen molar-refractivity contribution in [2.24, 2.45) is 0 Å². The highest BCUT2D eigenvalue weighted by molar-refractivity contribution is 7.89. The van der Waals surface area contributed by atoms with Crippen LogP contribution in [0.1, 0.15) is 49.7 Å². The number of amides is 1. The Labute approximate surface area is 178 Å². The molecule has 0 saturated carbocycles. The van der Waals surface area contributed by atoms with Gasteiger partial charge >= 0.3 is 5.97 Å². The zero-order valence-corrected chi connectivity index (χ0v) is 18.7. The number of benzene rings is 2. The summed E-state index contributed by atoms with van der Waals surface area (Å²) in [6.45, 7) is 6.70. The molecule has 8 heteroatoms. The van der Waals surface area contributed by atoms with Gasteiger partial charge in [0, 0.05) is 12.6 Å². The van der Waals surface area contributed by atoms with Crippen molar-refractivity contribution in [2.45, 2.75) is 44.2 Å². The van der Waals surface area contributed by atoms with E-state index >= 15 is 0 Å². The third-order valence-corrected chi connectivity index (χ3v) is 6.20. The normalized spacial score (nSPS) is 12.8. The molecule has 30 heavy (non-hydrogen) atoms. The van der Waals surface area contributed by atoms with Crippen molar-refractivity contribution in [2.75, 3.05) is 13.7 Å². The molecule has 0 aromatic heterocycles. The Hall–Kier alpha value is -2.71. The van der Waals surface area contributed by atoms with Gasteiger partial charge in [-0.15, -0.1) is 0 Å². The predicted molar refractivity (Wildman–Crippen MR) is 114 cm³/mol. The molecule has 2 aromatic carbocycles. The van der Waals surface area contributed by atoms with Crippen molar-refractivity contribution in [3.05, 3.63) is 65.7 Å². The number of nitrogens with zero attached hydrogens (tertiary/aromatic N) is 1. The first-order valence-corrected chi connectivity index (χ1v) is 11.0. The van der Waals surface area contributed by atoms with E-state index in [-0.39, 0.29) is 22.4 Å². The second-order valence-corrected chi connectivity index (χ2v) is 9.73. The summed E-state index contributed by atoms with van der Waals surface area (Å²) < 4.78 is 32.3. The molecule has 162 valence electrons. The summed E-state index contributed by atoms with van der Waals surface area (Å²) in [7, 11) is -2.05. The number of hydrogen-bond donors (Lipinski definition) is 1. The Morgan fingerprint density at radius 3 is 2.13 bits per heavy atom. The van der Waals surface area contributed by atoms with Crippen molar-refractivity contribution >= 4 is 21.9 Å². The average molecular weight is 433 g/mol. The van der Waals surface area contributed by atoms with E-state index in [1.165, 1.54) is 29.2 Å². The Kier molecular flexibility index (Phi) is 7.39. The number of nitrogens with one attached hydrogen (secondary N) is 1. The van der Waals surface area contributed by atoms with Crippen LogP contribution in [-0.4, -0.2) is 44.4 Å². The first-order chi connectivity index (χ1) is 13.9. The smallest absolute Gasteiger partial charge is 0.338 e. The van der Waals surface area contributed by atoms with Gasteiger partial charge in [0.15, 0.2) is 6.61 Å². The lowest BCUT2D eigenvalue weighted by atomic mass is 10.1. The van der Waals surface area contributed by atoms with Crippen LogP contribution in [0.3, 0.4) is 0 Å². The third-order valence-electron chi connectivity index (χ3n) is 4.42. The van der Waals surface area contributed by atoms with E-state index < -0.39 is 28.1 Å². The van der Waals surface area contributed by atoms with Gasteiger partial charge in [-0.05, 0) is 57.5 Å². The summed E-state index contributed by atoms with van der Waals surface area (Å²) in [4.78, 5) is 26.2. The van der Waals surface area contributed by atoms with Gasteiger partial charge in [0.2, 0.25) is 10.0 Å². The topological polar surface area (TPSA) is 92.8 Å². The third kappa shape index (κ3) is 6.40. The predicted octanol–water partition coefficient (Wildman–Crippen LogP) is 3.14. The fourth-order valence-corrected chi connectivity index (χ4v) is 4.13. The number of carbonyl (C=O) groups excluding carboxylic acids is 2. The largest absolute Gasteiger partial charge is 0.452 e. The molecule has 0 aliphatic heterocycles. The molecule has 0 aliphatic carbocycles. The lowest BCUT2D eigenvalue weighted by Crippen LogP contribution is -2.40. The molecule has 0 radical (unpaired) electrons. The van der Waals surface area contributed by atoms with Crippen molar-refractivity contribution in [1.29, 1.82) is 0 Å². The second kappa shape index (κ2) is 9.40. The highest BCUT2D eigenvalue weighted by atomic mass is 32.2. The van der Waals surface area contributed by atoms with Gasteiger partial charge in [-0.2, -0.15) is 0 Å². The Morgan fingerprint density at radius 1 is 1.03 bits per heavy atom. The SMILES string of the molecule is CC(c1ccccc1)N(C)C(=O)COC(=O)c1ccc(S(=O)(=O)NC(C)(C)C)cc1. The number of esters is 1. The molecule has 0 fully saturated rings. The molecule has 1 N–H and O–H groups in total. The van der Waals surface area contributed by atoms with Crippen LogP contribution in [0.4, 0.5) is 0 Å². The van der Waals surface area contributed by atoms with Crippen LogP contribution < -0.4 is 4.72 Å². The molecular weight excluding hydrogens is 404 g/mol. The van der Waals surface area contributed by atoms with E-state index in [0.29, 0.717) is 0 Å². The van der Waals surface area contributed by atoms with Gasteiger partial charge < -0.3 is 9.64 Å². The molecule has 0 aliphatic rings. The number of carbonyl (C=O) groups is 2. The molecule has 2 rings (SSSR count). The van der Waals surface area contributed by atoms with Crippen LogP contribution >= 0.6 is 0 Å². The van der Waals surface area contributed by atoms with E-state index in [1.54, 1.807) is 27.8 Å². The molecule has 0 heterocycles. The minimum absolute atomic E-state index is 0.0430. The standard InChI is InChI=1S/C22H28N2O5S/c1-16(17-9-7-6-8-10-17)24(5)20(25)15-29-21(26)18-11-13-19(14-12-18)30(27,28)23-22(2,3)4/h6-14,16,23H,15H2,1-5H3. The van der Waals surface area contributed by atoms with Crippen molar-refractivity contribution in [1.82, 2.24) is 9.62 Å². The number of sulfonamides is 1. The molecule has 2 aromatic rings. The monoisotopic (exact) mass is 432 g/mol. The lowest BCUT2D eigenvalue weighted by Gasteiger charge is -2.25. The van der Waals surface area contributed by atoms with E-state index in [2.05, 4.69) is 4.72 Å². The van der Waals surface area contributed by atoms with Gasteiger partial charge in [-0.25, -0.2) is 17.9 Å². The second-order valence-electron chi connectivity index (χ2n) is 8.05. The number of likely N-dealkylation sites (N-methyl/N-ethyl adjacent to an activating group) is 1. The minimum atomic E-state index is -3.70. The fourth-order valence-electron chi connectivity index (χ4n) is 2.72. The maximum Gasteiger partial charge on any atom is 0.338 e. The summed E-state index contributed by atoms with van der Waals surface area (Å²) in [6.07, 6.45) is 0. The van der Waals surface area contributed by atoms with E-state index in [1.807, 2.05) is 37.3 Å². The van der Waals surface area contributed by atoms with Crippen LogP contribution in [0.25, 0.3) is 0 Å². The van der Waals surface area contributed by atoms with Crippen LogP contribution in [0.2, 0.25) is 0 Å². The maximum atomic E-state index is 12.4. The Balaban J connectivity index is 1.97. The fraction of sp³-hybridized carbons (Fsp3) is 0.364. The molecular formula is C22H28N2O5S. The first-order valence-electron chi connectivity index (χ1n) is 9.52. The van der Waals surface area contributed by atoms with E-state index in [4.69, 9.17) is 4.74 Å². The first kappa shape index (κ1) is 23.6. The molecule has 1 amide bonds. The molecule has 0 bridgehead atoms. The summed E-state index contributed by atoms with van der Waals surface area (Å²) in [6, 6.07) is 14.7. The highest BCUT2D eigenvalue weighted by Crippen LogP contribution is 2.18. The van der Waals surface area contributed by atoms with Crippen LogP contribution in [0.15, 0.2) is 59.5 Å². The van der Waals surface area contributed by atoms with Crippen molar-refractivity contribution < 1.29 is 22.7 Å². The summed E-state index contributed by atoms with van der Waals surface area (Å²) in [5.74, 6) is -1.04. The van der Waals surface area contributed by atoms with Gasteiger partial charge in [0.25, 0.3) is 5.91 Å². The Bertz CT molecular complexity index is 980. The number of hydrogen-bond acceptors (Lipinski definition) is 5. The Morgan fingerprint density at radius 2 is 1.60 bits per heavy atom. The molecule has 0 spiro atoms. The molecule has 7 nitrogen and oxygen atoms in total. The quantitative estimate of drug-likeness (QED) is 0.679. The summed E-state index contributed by atoms with van der Waals surface area (Å²) >= 11 is 0. The van der Waals surface area contributed by atoms with Crippen LogP contribution in [-0.2, 0) is 19.6 Å². The number of rotatable bonds is 7. The van der Waals surface area contributed by atoms with Crippen LogP contribution in [0.5, 0.6) is 0 Å². The molecule has 1 atom stereocenters. The molecule has 1 unspecified atom stereocenters. The summed E-state index contributed by atoms with van der Waals surface area (Å²) in [5.41, 5.74) is 0.510. The molecule has 0 saturated heterocycles. The summed E-state index contributed by atoms with van der Waals surface area (Å²) in [5, 5.41) is 0. The van der Waals surface area contributed by atoms with Gasteiger partial charge in [0.05, 0.1) is 16.5 Å². The zero-order valence-electron chi connectivity index (χ0n) is 17.9. The number of ether oxygens (including phenoxy) is 1. The highest BCUT2D eigenvalue weighted by Gasteiger charge is 2.23. The lowest BCUT2D eigenvalue weighted by molar-refractivity contribution is -0.135.